The Labute approximate surface area is 230 Å². The normalized spacial score (nSPS) is 14.7. The summed E-state index contributed by atoms with van der Waals surface area (Å²) in [6, 6.07) is 1.61. The Morgan fingerprint density at radius 2 is 1.81 bits per heavy atom. The highest BCUT2D eigenvalue weighted by atomic mass is 19.4. The van der Waals surface area contributed by atoms with E-state index in [0.717, 1.165) is 31.2 Å². The third kappa shape index (κ3) is 5.89. The molecule has 222 valence electrons. The minimum Gasteiger partial charge on any atom is -0.382 e. The molecule has 10 nitrogen and oxygen atoms in total. The van der Waals surface area contributed by atoms with Gasteiger partial charge in [-0.05, 0) is 43.7 Å². The van der Waals surface area contributed by atoms with Crippen LogP contribution in [-0.4, -0.2) is 35.8 Å². The molecule has 42 heavy (non-hydrogen) atoms. The number of nitrogen functional groups attached to an aromatic ring is 1. The number of anilines is 2. The van der Waals surface area contributed by atoms with Gasteiger partial charge in [-0.15, -0.1) is 0 Å². The Morgan fingerprint density at radius 3 is 2.45 bits per heavy atom. The molecular weight excluding hydrogens is 577 g/mol. The lowest BCUT2D eigenvalue weighted by molar-refractivity contribution is -0.140. The smallest absolute Gasteiger partial charge is 0.382 e. The first-order valence-corrected chi connectivity index (χ1v) is 12.5. The lowest BCUT2D eigenvalue weighted by atomic mass is 10.1. The minimum atomic E-state index is -4.89. The molecule has 0 aliphatic heterocycles. The number of rotatable bonds is 8. The maximum absolute atomic E-state index is 15.0. The summed E-state index contributed by atoms with van der Waals surface area (Å²) in [4.78, 5) is 35.8. The maximum Gasteiger partial charge on any atom is 0.437 e. The van der Waals surface area contributed by atoms with Crippen molar-refractivity contribution in [1.29, 1.82) is 0 Å². The Bertz CT molecular complexity index is 1760. The number of nitrogens with two attached hydrogens (primary N) is 1. The van der Waals surface area contributed by atoms with E-state index < -0.39 is 58.1 Å². The first-order valence-electron chi connectivity index (χ1n) is 12.5. The van der Waals surface area contributed by atoms with E-state index in [1.165, 1.54) is 10.9 Å². The first-order chi connectivity index (χ1) is 19.7. The van der Waals surface area contributed by atoms with Gasteiger partial charge in [-0.3, -0.25) is 14.2 Å². The molecule has 1 aromatic carbocycles. The van der Waals surface area contributed by atoms with Gasteiger partial charge in [0.25, 0.3) is 11.1 Å². The van der Waals surface area contributed by atoms with Crippen molar-refractivity contribution in [2.45, 2.75) is 50.6 Å². The lowest BCUT2D eigenvalue weighted by Gasteiger charge is -2.21. The molecule has 3 aromatic heterocycles. The van der Waals surface area contributed by atoms with E-state index in [0.29, 0.717) is 19.0 Å². The molecule has 0 radical (unpaired) electrons. The van der Waals surface area contributed by atoms with Gasteiger partial charge in [0, 0.05) is 18.2 Å². The molecule has 1 atom stereocenters. The molecule has 1 aliphatic carbocycles. The summed E-state index contributed by atoms with van der Waals surface area (Å²) in [6.45, 7) is 0.108. The number of aromatic nitrogens is 6. The second-order valence-electron chi connectivity index (χ2n) is 9.80. The van der Waals surface area contributed by atoms with Gasteiger partial charge in [0.2, 0.25) is 0 Å². The van der Waals surface area contributed by atoms with Crippen molar-refractivity contribution < 1.29 is 30.7 Å². The Kier molecular flexibility index (Phi) is 7.36. The Hall–Kier alpha value is -4.57. The van der Waals surface area contributed by atoms with Gasteiger partial charge in [-0.2, -0.15) is 31.4 Å². The van der Waals surface area contributed by atoms with Crippen LogP contribution in [0.1, 0.15) is 36.9 Å². The predicted octanol–water partition coefficient (Wildman–Crippen LogP) is 4.37. The molecule has 1 fully saturated rings. The zero-order valence-electron chi connectivity index (χ0n) is 21.4. The van der Waals surface area contributed by atoms with Crippen molar-refractivity contribution >= 4 is 22.4 Å². The summed E-state index contributed by atoms with van der Waals surface area (Å²) in [7, 11) is 0. The highest BCUT2D eigenvalue weighted by Gasteiger charge is 2.39. The van der Waals surface area contributed by atoms with E-state index in [1.54, 1.807) is 5.10 Å². The number of hydrogen-bond acceptors (Lipinski definition) is 8. The Balaban J connectivity index is 1.33. The lowest BCUT2D eigenvalue weighted by Crippen LogP contribution is -2.30. The zero-order valence-corrected chi connectivity index (χ0v) is 21.4. The molecule has 4 N–H and O–H groups in total. The van der Waals surface area contributed by atoms with Crippen molar-refractivity contribution in [1.82, 2.24) is 29.7 Å². The van der Waals surface area contributed by atoms with Crippen molar-refractivity contribution in [3.63, 3.8) is 0 Å². The standard InChI is InChI=1S/C25H21F7N8O2/c26-14-6-13-16(7-12(14)17-8-34-20(21(33)38-17)25(30,31)32)35-10-40(23(13)42)5-1-2-15(11-3-4-11)37-18-9-36-39-22(41)19(18)24(27,28)29/h6-11,15H,1-5H2,(H2,33,38)(H2,37,39,41)/t15-/m1/s1. The maximum atomic E-state index is 15.0. The number of hydrogen-bond donors (Lipinski definition) is 3. The number of H-pyrrole nitrogens is 1. The summed E-state index contributed by atoms with van der Waals surface area (Å²) in [5, 5.41) is 7.94. The van der Waals surface area contributed by atoms with E-state index in [2.05, 4.69) is 25.4 Å². The summed E-state index contributed by atoms with van der Waals surface area (Å²) in [6.07, 6.45) is -4.66. The van der Waals surface area contributed by atoms with Crippen molar-refractivity contribution in [3.8, 4) is 11.3 Å². The molecule has 0 unspecified atom stereocenters. The number of alkyl halides is 6. The largest absolute Gasteiger partial charge is 0.437 e. The molecule has 3 heterocycles. The minimum absolute atomic E-state index is 0.0481. The zero-order chi connectivity index (χ0) is 30.4. The number of aryl methyl sites for hydroxylation is 1. The highest BCUT2D eigenvalue weighted by molar-refractivity contribution is 5.83. The van der Waals surface area contributed by atoms with Crippen LogP contribution in [0.15, 0.2) is 40.4 Å². The molecule has 5 rings (SSSR count). The predicted molar refractivity (Wildman–Crippen MR) is 136 cm³/mol. The molecule has 1 saturated carbocycles. The summed E-state index contributed by atoms with van der Waals surface area (Å²) in [5.74, 6) is -1.82. The molecule has 0 spiro atoms. The summed E-state index contributed by atoms with van der Waals surface area (Å²) in [5.41, 5.74) is -0.312. The number of nitrogens with zero attached hydrogens (tertiary/aromatic N) is 5. The average Bonchev–Trinajstić information content (AvgIpc) is 3.73. The summed E-state index contributed by atoms with van der Waals surface area (Å²) >= 11 is 0. The number of fused-ring (bicyclic) bond motifs is 1. The number of halogens is 7. The van der Waals surface area contributed by atoms with Gasteiger partial charge >= 0.3 is 12.4 Å². The average molecular weight is 598 g/mol. The molecule has 0 saturated heterocycles. The van der Waals surface area contributed by atoms with Crippen LogP contribution in [0.5, 0.6) is 0 Å². The molecule has 0 amide bonds. The third-order valence-electron chi connectivity index (χ3n) is 6.84. The van der Waals surface area contributed by atoms with Crippen LogP contribution < -0.4 is 22.2 Å². The molecule has 1 aliphatic rings. The van der Waals surface area contributed by atoms with Crippen LogP contribution in [0.4, 0.5) is 42.2 Å². The molecular formula is C25H21F7N8O2. The van der Waals surface area contributed by atoms with Crippen LogP contribution in [0, 0.1) is 11.7 Å². The number of aromatic amines is 1. The quantitative estimate of drug-likeness (QED) is 0.254. The van der Waals surface area contributed by atoms with Gasteiger partial charge in [0.1, 0.15) is 11.4 Å². The van der Waals surface area contributed by atoms with Crippen molar-refractivity contribution in [2.75, 3.05) is 11.1 Å². The van der Waals surface area contributed by atoms with Crippen LogP contribution in [0.25, 0.3) is 22.2 Å². The van der Waals surface area contributed by atoms with E-state index in [1.807, 2.05) is 0 Å². The van der Waals surface area contributed by atoms with Crippen LogP contribution in [-0.2, 0) is 18.9 Å². The van der Waals surface area contributed by atoms with Gasteiger partial charge in [-0.1, -0.05) is 0 Å². The fraction of sp³-hybridized carbons (Fsp3) is 0.360. The fourth-order valence-electron chi connectivity index (χ4n) is 4.68. The van der Waals surface area contributed by atoms with Gasteiger partial charge in [-0.25, -0.2) is 24.4 Å². The number of benzene rings is 1. The second kappa shape index (κ2) is 10.7. The van der Waals surface area contributed by atoms with Crippen LogP contribution in [0.3, 0.4) is 0 Å². The van der Waals surface area contributed by atoms with Crippen molar-refractivity contribution in [2.24, 2.45) is 5.92 Å². The molecule has 0 bridgehead atoms. The van der Waals surface area contributed by atoms with E-state index in [4.69, 9.17) is 5.73 Å². The highest BCUT2D eigenvalue weighted by Crippen LogP contribution is 2.38. The molecule has 4 aromatic rings. The van der Waals surface area contributed by atoms with Crippen molar-refractivity contribution in [3.05, 3.63) is 68.6 Å². The molecule has 17 heteroatoms. The third-order valence-corrected chi connectivity index (χ3v) is 6.84. The SMILES string of the molecule is Nc1nc(-c2cc3ncn(CCC[C@@H](Nc4cn[nH]c(=O)c4C(F)(F)F)C4CC4)c(=O)c3cc2F)cnc1C(F)(F)F. The van der Waals surface area contributed by atoms with Gasteiger partial charge in [0.05, 0.1) is 41.0 Å². The fourth-order valence-corrected chi connectivity index (χ4v) is 4.68. The topological polar surface area (TPSA) is 144 Å². The Morgan fingerprint density at radius 1 is 1.07 bits per heavy atom. The van der Waals surface area contributed by atoms with Crippen LogP contribution >= 0.6 is 0 Å². The van der Waals surface area contributed by atoms with Gasteiger partial charge in [0.15, 0.2) is 11.5 Å². The number of nitrogens with one attached hydrogen (secondary N) is 2. The van der Waals surface area contributed by atoms with E-state index in [9.17, 15) is 40.3 Å². The monoisotopic (exact) mass is 598 g/mol. The first kappa shape index (κ1) is 28.9. The van der Waals surface area contributed by atoms with Crippen LogP contribution in [0.2, 0.25) is 0 Å². The summed E-state index contributed by atoms with van der Waals surface area (Å²) < 4.78 is 95.3. The second-order valence-corrected chi connectivity index (χ2v) is 9.80. The van der Waals surface area contributed by atoms with Gasteiger partial charge < -0.3 is 11.1 Å². The van der Waals surface area contributed by atoms with E-state index >= 15 is 0 Å². The van der Waals surface area contributed by atoms with E-state index in [-0.39, 0.29) is 34.6 Å².